The molecular weight excluding hydrogens is 309 g/mol. The third kappa shape index (κ3) is 3.70. The lowest BCUT2D eigenvalue weighted by atomic mass is 9.71. The number of hydrogen-bond donors (Lipinski definition) is 2. The quantitative estimate of drug-likeness (QED) is 0.885. The van der Waals surface area contributed by atoms with Crippen molar-refractivity contribution < 1.29 is 13.9 Å². The number of benzene rings is 1. The predicted octanol–water partition coefficient (Wildman–Crippen LogP) is 1.98. The van der Waals surface area contributed by atoms with Crippen LogP contribution < -0.4 is 10.6 Å². The molecule has 3 rings (SSSR count). The van der Waals surface area contributed by atoms with E-state index in [9.17, 15) is 9.18 Å². The highest BCUT2D eigenvalue weighted by atomic mass is 19.1. The number of ether oxygens (including phenoxy) is 1. The van der Waals surface area contributed by atoms with Crippen LogP contribution in [0.4, 0.5) is 9.18 Å². The van der Waals surface area contributed by atoms with Gasteiger partial charge in [0.1, 0.15) is 5.82 Å². The summed E-state index contributed by atoms with van der Waals surface area (Å²) >= 11 is 0. The fourth-order valence-corrected chi connectivity index (χ4v) is 4.00. The summed E-state index contributed by atoms with van der Waals surface area (Å²) in [6.45, 7) is 4.65. The van der Waals surface area contributed by atoms with Crippen molar-refractivity contribution in [1.82, 2.24) is 15.5 Å². The Morgan fingerprint density at radius 2 is 2.08 bits per heavy atom. The Balaban J connectivity index is 1.59. The van der Waals surface area contributed by atoms with Crippen molar-refractivity contribution in [1.29, 1.82) is 0 Å². The van der Waals surface area contributed by atoms with Crippen molar-refractivity contribution in [3.05, 3.63) is 35.6 Å². The van der Waals surface area contributed by atoms with Crippen LogP contribution in [0, 0.1) is 17.2 Å². The molecule has 1 unspecified atom stereocenters. The van der Waals surface area contributed by atoms with Crippen LogP contribution in [0.15, 0.2) is 24.3 Å². The maximum absolute atomic E-state index is 12.9. The molecule has 2 amide bonds. The molecule has 24 heavy (non-hydrogen) atoms. The lowest BCUT2D eigenvalue weighted by molar-refractivity contribution is 0.0717. The molecule has 1 aromatic rings. The molecule has 5 nitrogen and oxygen atoms in total. The van der Waals surface area contributed by atoms with E-state index in [-0.39, 0.29) is 17.3 Å². The number of piperidine rings is 1. The van der Waals surface area contributed by atoms with Crippen LogP contribution in [0.25, 0.3) is 0 Å². The second-order valence-corrected chi connectivity index (χ2v) is 6.93. The summed E-state index contributed by atoms with van der Waals surface area (Å²) in [5, 5.41) is 6.36. The molecule has 132 valence electrons. The first kappa shape index (κ1) is 17.2. The van der Waals surface area contributed by atoms with Crippen molar-refractivity contribution >= 4 is 6.03 Å². The lowest BCUT2D eigenvalue weighted by Crippen LogP contribution is -2.44. The first-order valence-corrected chi connectivity index (χ1v) is 8.60. The van der Waals surface area contributed by atoms with E-state index in [4.69, 9.17) is 4.74 Å². The molecule has 2 aliphatic heterocycles. The topological polar surface area (TPSA) is 53.6 Å². The van der Waals surface area contributed by atoms with Crippen LogP contribution >= 0.6 is 0 Å². The molecule has 0 saturated carbocycles. The van der Waals surface area contributed by atoms with Crippen molar-refractivity contribution in [3.63, 3.8) is 0 Å². The summed E-state index contributed by atoms with van der Waals surface area (Å²) in [5.74, 6) is 0.126. The number of urea groups is 1. The van der Waals surface area contributed by atoms with Crippen LogP contribution in [0.3, 0.4) is 0 Å². The maximum atomic E-state index is 12.9. The van der Waals surface area contributed by atoms with E-state index in [1.165, 1.54) is 12.1 Å². The molecule has 0 bridgehead atoms. The summed E-state index contributed by atoms with van der Waals surface area (Å²) in [6, 6.07) is 6.17. The minimum Gasteiger partial charge on any atom is -0.384 e. The number of methoxy groups -OCH3 is 1. The Hall–Kier alpha value is -1.66. The Morgan fingerprint density at radius 1 is 1.38 bits per heavy atom. The number of hydrogen-bond acceptors (Lipinski definition) is 3. The van der Waals surface area contributed by atoms with Gasteiger partial charge in [0.25, 0.3) is 0 Å². The Labute approximate surface area is 142 Å². The van der Waals surface area contributed by atoms with Crippen LogP contribution in [-0.2, 0) is 11.3 Å². The minimum atomic E-state index is -0.264. The van der Waals surface area contributed by atoms with Crippen LogP contribution in [0.5, 0.6) is 0 Å². The average Bonchev–Trinajstić information content (AvgIpc) is 2.93. The summed E-state index contributed by atoms with van der Waals surface area (Å²) in [7, 11) is 1.73. The second-order valence-electron chi connectivity index (χ2n) is 6.93. The number of amides is 2. The monoisotopic (exact) mass is 335 g/mol. The molecule has 0 aromatic heterocycles. The summed E-state index contributed by atoms with van der Waals surface area (Å²) < 4.78 is 18.3. The molecule has 0 radical (unpaired) electrons. The van der Waals surface area contributed by atoms with Gasteiger partial charge in [0.15, 0.2) is 0 Å². The minimum absolute atomic E-state index is 0.0455. The number of likely N-dealkylation sites (tertiary alicyclic amines) is 1. The molecule has 2 fully saturated rings. The molecule has 1 spiro atoms. The zero-order valence-corrected chi connectivity index (χ0v) is 14.2. The molecule has 2 N–H and O–H groups in total. The van der Waals surface area contributed by atoms with E-state index >= 15 is 0 Å². The van der Waals surface area contributed by atoms with E-state index in [1.54, 1.807) is 19.2 Å². The van der Waals surface area contributed by atoms with Crippen molar-refractivity contribution in [2.45, 2.75) is 19.4 Å². The Bertz CT molecular complexity index is 558. The number of rotatable bonds is 4. The van der Waals surface area contributed by atoms with Gasteiger partial charge in [-0.2, -0.15) is 0 Å². The van der Waals surface area contributed by atoms with Crippen LogP contribution in [-0.4, -0.2) is 50.8 Å². The molecular formula is C18H26FN3O2. The van der Waals surface area contributed by atoms with Gasteiger partial charge >= 0.3 is 6.03 Å². The highest BCUT2D eigenvalue weighted by molar-refractivity contribution is 5.74. The van der Waals surface area contributed by atoms with E-state index < -0.39 is 0 Å². The number of nitrogens with one attached hydrogen (secondary N) is 2. The number of nitrogens with zero attached hydrogens (tertiary/aromatic N) is 1. The highest BCUT2D eigenvalue weighted by Gasteiger charge is 2.48. The summed E-state index contributed by atoms with van der Waals surface area (Å²) in [4.78, 5) is 14.5. The van der Waals surface area contributed by atoms with Crippen molar-refractivity contribution in [2.75, 3.05) is 39.9 Å². The number of carbonyl (C=O) groups is 1. The van der Waals surface area contributed by atoms with Crippen LogP contribution in [0.1, 0.15) is 18.4 Å². The maximum Gasteiger partial charge on any atom is 0.317 e. The van der Waals surface area contributed by atoms with E-state index in [0.29, 0.717) is 19.1 Å². The van der Waals surface area contributed by atoms with Gasteiger partial charge < -0.3 is 20.3 Å². The predicted molar refractivity (Wildman–Crippen MR) is 90.1 cm³/mol. The Morgan fingerprint density at radius 3 is 2.75 bits per heavy atom. The van der Waals surface area contributed by atoms with Gasteiger partial charge in [0.05, 0.1) is 6.61 Å². The van der Waals surface area contributed by atoms with Gasteiger partial charge in [-0.3, -0.25) is 0 Å². The van der Waals surface area contributed by atoms with E-state index in [2.05, 4.69) is 10.6 Å². The van der Waals surface area contributed by atoms with Crippen LogP contribution in [0.2, 0.25) is 0 Å². The van der Waals surface area contributed by atoms with Crippen molar-refractivity contribution in [2.24, 2.45) is 11.3 Å². The van der Waals surface area contributed by atoms with Gasteiger partial charge in [-0.05, 0) is 49.0 Å². The second kappa shape index (κ2) is 7.49. The zero-order valence-electron chi connectivity index (χ0n) is 14.2. The third-order valence-electron chi connectivity index (χ3n) is 5.42. The summed E-state index contributed by atoms with van der Waals surface area (Å²) in [5.41, 5.74) is 1.07. The van der Waals surface area contributed by atoms with Crippen molar-refractivity contribution in [3.8, 4) is 0 Å². The fraction of sp³-hybridized carbons (Fsp3) is 0.611. The lowest BCUT2D eigenvalue weighted by Gasteiger charge is -2.38. The van der Waals surface area contributed by atoms with Gasteiger partial charge in [-0.25, -0.2) is 9.18 Å². The number of halogens is 1. The molecule has 2 aliphatic rings. The normalized spacial score (nSPS) is 22.8. The zero-order chi connectivity index (χ0) is 17.0. The molecule has 2 heterocycles. The van der Waals surface area contributed by atoms with Gasteiger partial charge in [-0.1, -0.05) is 12.1 Å². The third-order valence-corrected chi connectivity index (χ3v) is 5.42. The molecule has 2 saturated heterocycles. The average molecular weight is 335 g/mol. The molecule has 1 aromatic carbocycles. The molecule has 1 atom stereocenters. The molecule has 0 aliphatic carbocycles. The number of carbonyl (C=O) groups excluding carboxylic acids is 1. The SMILES string of the molecule is COCC1CN(C(=O)NCc2ccc(F)cc2)CC12CCNCC2. The van der Waals surface area contributed by atoms with E-state index in [1.807, 2.05) is 4.90 Å². The molecule has 6 heteroatoms. The van der Waals surface area contributed by atoms with E-state index in [0.717, 1.165) is 44.6 Å². The fourth-order valence-electron chi connectivity index (χ4n) is 4.00. The summed E-state index contributed by atoms with van der Waals surface area (Å²) in [6.07, 6.45) is 2.17. The Kier molecular flexibility index (Phi) is 5.36. The first-order chi connectivity index (χ1) is 11.6. The largest absolute Gasteiger partial charge is 0.384 e. The van der Waals surface area contributed by atoms with Gasteiger partial charge in [0.2, 0.25) is 0 Å². The van der Waals surface area contributed by atoms with Gasteiger partial charge in [0, 0.05) is 32.7 Å². The standard InChI is InChI=1S/C18H26FN3O2/c1-24-12-15-11-22(13-18(15)6-8-20-9-7-18)17(23)21-10-14-2-4-16(19)5-3-14/h2-5,15,20H,6-13H2,1H3,(H,21,23). The van der Waals surface area contributed by atoms with Gasteiger partial charge in [-0.15, -0.1) is 0 Å². The highest BCUT2D eigenvalue weighted by Crippen LogP contribution is 2.43. The first-order valence-electron chi connectivity index (χ1n) is 8.60. The smallest absolute Gasteiger partial charge is 0.317 e.